The molecule has 0 radical (unpaired) electrons. The van der Waals surface area contributed by atoms with E-state index in [4.69, 9.17) is 4.74 Å². The predicted molar refractivity (Wildman–Crippen MR) is 81.8 cm³/mol. The Hall–Kier alpha value is -2.54. The summed E-state index contributed by atoms with van der Waals surface area (Å²) in [5, 5.41) is 4.16. The fourth-order valence-corrected chi connectivity index (χ4v) is 2.04. The van der Waals surface area contributed by atoms with E-state index in [-0.39, 0.29) is 12.2 Å². The van der Waals surface area contributed by atoms with Crippen molar-refractivity contribution in [3.05, 3.63) is 60.4 Å². The Morgan fingerprint density at radius 3 is 2.87 bits per heavy atom. The highest BCUT2D eigenvalue weighted by Crippen LogP contribution is 2.20. The summed E-state index contributed by atoms with van der Waals surface area (Å²) < 4.78 is 33.1. The van der Waals surface area contributed by atoms with Crippen LogP contribution >= 0.6 is 0 Å². The Morgan fingerprint density at radius 1 is 1.43 bits per heavy atom. The molecule has 1 aromatic heterocycles. The maximum Gasteiger partial charge on any atom is 0.250 e. The van der Waals surface area contributed by atoms with Gasteiger partial charge in [0.05, 0.1) is 25.9 Å². The fraction of sp³-hybridized carbons (Fsp3) is 0.250. The minimum atomic E-state index is -1.01. The number of ether oxygens (including phenoxy) is 1. The van der Waals surface area contributed by atoms with Crippen molar-refractivity contribution in [3.8, 4) is 0 Å². The monoisotopic (exact) mass is 321 g/mol. The van der Waals surface area contributed by atoms with Crippen molar-refractivity contribution >= 4 is 11.6 Å². The van der Waals surface area contributed by atoms with Crippen molar-refractivity contribution in [2.45, 2.75) is 13.1 Å². The highest BCUT2D eigenvalue weighted by Gasteiger charge is 2.16. The topological polar surface area (TPSA) is 47.4 Å². The van der Waals surface area contributed by atoms with Crippen LogP contribution in [0.2, 0.25) is 0 Å². The van der Waals surface area contributed by atoms with Gasteiger partial charge in [-0.25, -0.2) is 8.78 Å². The number of carbonyl (C=O) groups is 1. The van der Waals surface area contributed by atoms with Crippen LogP contribution in [0.5, 0.6) is 0 Å². The molecule has 0 saturated carbocycles. The van der Waals surface area contributed by atoms with Crippen LogP contribution in [0, 0.1) is 11.6 Å². The SMILES string of the molecule is C=CC(=O)N(Cc1cnn(CCOC)c1)c1ccc(F)c(F)c1. The average molecular weight is 321 g/mol. The van der Waals surface area contributed by atoms with E-state index in [1.807, 2.05) is 0 Å². The molecule has 0 aliphatic heterocycles. The zero-order chi connectivity index (χ0) is 16.8. The van der Waals surface area contributed by atoms with Gasteiger partial charge in [-0.2, -0.15) is 5.10 Å². The van der Waals surface area contributed by atoms with Crippen LogP contribution < -0.4 is 4.90 Å². The number of anilines is 1. The van der Waals surface area contributed by atoms with Gasteiger partial charge in [0.15, 0.2) is 11.6 Å². The van der Waals surface area contributed by atoms with E-state index in [1.165, 1.54) is 11.0 Å². The number of hydrogen-bond acceptors (Lipinski definition) is 3. The molecule has 23 heavy (non-hydrogen) atoms. The molecule has 0 fully saturated rings. The Kier molecular flexibility index (Phi) is 5.59. The number of halogens is 2. The lowest BCUT2D eigenvalue weighted by Crippen LogP contribution is -2.28. The van der Waals surface area contributed by atoms with Gasteiger partial charge in [-0.15, -0.1) is 0 Å². The molecule has 2 aromatic rings. The van der Waals surface area contributed by atoms with E-state index in [9.17, 15) is 13.6 Å². The lowest BCUT2D eigenvalue weighted by atomic mass is 10.2. The number of carbonyl (C=O) groups excluding carboxylic acids is 1. The summed E-state index contributed by atoms with van der Waals surface area (Å²) in [5.74, 6) is -2.40. The molecule has 0 aliphatic rings. The molecule has 0 atom stereocenters. The molecular formula is C16H17F2N3O2. The van der Waals surface area contributed by atoms with Crippen LogP contribution in [-0.2, 0) is 22.6 Å². The van der Waals surface area contributed by atoms with E-state index in [2.05, 4.69) is 11.7 Å². The van der Waals surface area contributed by atoms with Gasteiger partial charge in [0.2, 0.25) is 0 Å². The molecular weight excluding hydrogens is 304 g/mol. The molecule has 122 valence electrons. The van der Waals surface area contributed by atoms with Crippen molar-refractivity contribution in [3.63, 3.8) is 0 Å². The number of rotatable bonds is 7. The maximum absolute atomic E-state index is 13.4. The largest absolute Gasteiger partial charge is 0.383 e. The van der Waals surface area contributed by atoms with E-state index >= 15 is 0 Å². The van der Waals surface area contributed by atoms with Gasteiger partial charge in [-0.1, -0.05) is 6.58 Å². The Labute approximate surface area is 132 Å². The van der Waals surface area contributed by atoms with E-state index in [1.54, 1.807) is 24.2 Å². The highest BCUT2D eigenvalue weighted by atomic mass is 19.2. The summed E-state index contributed by atoms with van der Waals surface area (Å²) in [5.41, 5.74) is 1.000. The van der Waals surface area contributed by atoms with Gasteiger partial charge >= 0.3 is 0 Å². The smallest absolute Gasteiger partial charge is 0.250 e. The summed E-state index contributed by atoms with van der Waals surface area (Å²) in [6.45, 7) is 4.70. The van der Waals surface area contributed by atoms with Gasteiger partial charge in [0.1, 0.15) is 0 Å². The van der Waals surface area contributed by atoms with Gasteiger partial charge < -0.3 is 9.64 Å². The van der Waals surface area contributed by atoms with E-state index in [0.29, 0.717) is 13.2 Å². The molecule has 2 rings (SSSR count). The highest BCUT2D eigenvalue weighted by molar-refractivity contribution is 6.00. The zero-order valence-corrected chi connectivity index (χ0v) is 12.7. The maximum atomic E-state index is 13.4. The molecule has 0 unspecified atom stereocenters. The van der Waals surface area contributed by atoms with Gasteiger partial charge in [0, 0.05) is 30.6 Å². The zero-order valence-electron chi connectivity index (χ0n) is 12.7. The Bertz CT molecular complexity index is 700. The van der Waals surface area contributed by atoms with Crippen LogP contribution in [-0.4, -0.2) is 29.4 Å². The number of amides is 1. The average Bonchev–Trinajstić information content (AvgIpc) is 3.00. The van der Waals surface area contributed by atoms with E-state index in [0.717, 1.165) is 23.8 Å². The van der Waals surface area contributed by atoms with Crippen LogP contribution in [0.15, 0.2) is 43.2 Å². The standard InChI is InChI=1S/C16H17F2N3O2/c1-3-16(22)21(13-4-5-14(17)15(18)8-13)11-12-9-19-20(10-12)6-7-23-2/h3-5,8-10H,1,6-7,11H2,2H3. The number of benzene rings is 1. The molecule has 1 heterocycles. The second kappa shape index (κ2) is 7.64. The molecule has 7 heteroatoms. The van der Waals surface area contributed by atoms with Crippen LogP contribution in [0.25, 0.3) is 0 Å². The second-order valence-corrected chi connectivity index (χ2v) is 4.83. The minimum Gasteiger partial charge on any atom is -0.383 e. The molecule has 0 N–H and O–H groups in total. The Morgan fingerprint density at radius 2 is 2.22 bits per heavy atom. The summed E-state index contributed by atoms with van der Waals surface area (Å²) in [7, 11) is 1.60. The first kappa shape index (κ1) is 16.8. The quantitative estimate of drug-likeness (QED) is 0.736. The van der Waals surface area contributed by atoms with Gasteiger partial charge in [-0.05, 0) is 18.2 Å². The number of aromatic nitrogens is 2. The molecule has 5 nitrogen and oxygen atoms in total. The van der Waals surface area contributed by atoms with Crippen molar-refractivity contribution in [2.75, 3.05) is 18.6 Å². The van der Waals surface area contributed by atoms with Crippen molar-refractivity contribution < 1.29 is 18.3 Å². The first-order valence-electron chi connectivity index (χ1n) is 6.94. The number of hydrogen-bond donors (Lipinski definition) is 0. The molecule has 0 saturated heterocycles. The summed E-state index contributed by atoms with van der Waals surface area (Å²) in [6.07, 6.45) is 4.50. The van der Waals surface area contributed by atoms with Crippen molar-refractivity contribution in [1.29, 1.82) is 0 Å². The third-order valence-corrected chi connectivity index (χ3v) is 3.21. The van der Waals surface area contributed by atoms with Crippen molar-refractivity contribution in [1.82, 2.24) is 9.78 Å². The van der Waals surface area contributed by atoms with Crippen LogP contribution in [0.1, 0.15) is 5.56 Å². The second-order valence-electron chi connectivity index (χ2n) is 4.83. The fourth-order valence-electron chi connectivity index (χ4n) is 2.04. The molecule has 1 amide bonds. The molecule has 1 aromatic carbocycles. The summed E-state index contributed by atoms with van der Waals surface area (Å²) in [4.78, 5) is 13.3. The van der Waals surface area contributed by atoms with Crippen molar-refractivity contribution in [2.24, 2.45) is 0 Å². The molecule has 0 bridgehead atoms. The van der Waals surface area contributed by atoms with Crippen LogP contribution in [0.3, 0.4) is 0 Å². The first-order chi connectivity index (χ1) is 11.0. The third-order valence-electron chi connectivity index (χ3n) is 3.21. The lowest BCUT2D eigenvalue weighted by Gasteiger charge is -2.20. The molecule has 0 aliphatic carbocycles. The molecule has 0 spiro atoms. The first-order valence-corrected chi connectivity index (χ1v) is 6.94. The van der Waals surface area contributed by atoms with Gasteiger partial charge in [0.25, 0.3) is 5.91 Å². The Balaban J connectivity index is 2.22. The number of nitrogens with zero attached hydrogens (tertiary/aromatic N) is 3. The third kappa shape index (κ3) is 4.23. The van der Waals surface area contributed by atoms with Crippen LogP contribution in [0.4, 0.5) is 14.5 Å². The van der Waals surface area contributed by atoms with Gasteiger partial charge in [-0.3, -0.25) is 9.48 Å². The summed E-state index contributed by atoms with van der Waals surface area (Å²) in [6, 6.07) is 3.30. The minimum absolute atomic E-state index is 0.170. The normalized spacial score (nSPS) is 10.6. The predicted octanol–water partition coefficient (Wildman–Crippen LogP) is 2.53. The van der Waals surface area contributed by atoms with E-state index < -0.39 is 17.5 Å². The summed E-state index contributed by atoms with van der Waals surface area (Å²) >= 11 is 0. The number of methoxy groups -OCH3 is 1. The lowest BCUT2D eigenvalue weighted by molar-refractivity contribution is -0.114.